The van der Waals surface area contributed by atoms with Crippen LogP contribution in [-0.2, 0) is 0 Å². The van der Waals surface area contributed by atoms with Crippen LogP contribution >= 0.6 is 11.3 Å². The number of benzene rings is 4. The molecular weight excluding hydrogens is 472 g/mol. The smallest absolute Gasteiger partial charge is 0.147 e. The van der Waals surface area contributed by atoms with Gasteiger partial charge >= 0.3 is 0 Å². The fourth-order valence-corrected chi connectivity index (χ4v) is 5.96. The molecule has 0 aliphatic carbocycles. The molecule has 0 bridgehead atoms. The number of hydrogen-bond donors (Lipinski definition) is 0. The molecule has 0 aliphatic heterocycles. The normalized spacial score (nSPS) is 11.6. The summed E-state index contributed by atoms with van der Waals surface area (Å²) in [4.78, 5) is 10.4. The molecule has 172 valence electrons. The topological polar surface area (TPSA) is 30.7 Å². The molecule has 0 saturated heterocycles. The third-order valence-electron chi connectivity index (χ3n) is 6.40. The molecule has 36 heavy (non-hydrogen) atoms. The zero-order chi connectivity index (χ0) is 24.2. The van der Waals surface area contributed by atoms with Gasteiger partial charge in [0.2, 0.25) is 0 Å². The first-order chi connectivity index (χ1) is 17.7. The van der Waals surface area contributed by atoms with Gasteiger partial charge in [-0.25, -0.2) is 18.7 Å². The number of imidazole rings is 1. The molecule has 3 nitrogen and oxygen atoms in total. The number of thiophene rings is 1. The summed E-state index contributed by atoms with van der Waals surface area (Å²) < 4.78 is 32.1. The van der Waals surface area contributed by atoms with Gasteiger partial charge in [-0.15, -0.1) is 11.3 Å². The van der Waals surface area contributed by atoms with Gasteiger partial charge in [0.05, 0.1) is 22.3 Å². The summed E-state index contributed by atoms with van der Waals surface area (Å²) in [5, 5.41) is 1.98. The molecule has 0 N–H and O–H groups in total. The number of nitrogens with zero attached hydrogens (tertiary/aromatic N) is 3. The van der Waals surface area contributed by atoms with Crippen molar-refractivity contribution in [1.82, 2.24) is 14.5 Å². The standard InChI is InChI=1S/C30H17F2N3S/c31-22-12-7-13-23(32)27(22)25-17-16-20-19-10-6-11-21(28(19)36-30(20)34-25)29-33-24-14-4-5-15-26(24)35(29)18-8-2-1-3-9-18/h1-17H. The molecule has 0 atom stereocenters. The van der Waals surface area contributed by atoms with Crippen LogP contribution in [0.1, 0.15) is 0 Å². The lowest BCUT2D eigenvalue weighted by Gasteiger charge is -2.10. The number of rotatable bonds is 3. The van der Waals surface area contributed by atoms with E-state index in [0.717, 1.165) is 48.4 Å². The highest BCUT2D eigenvalue weighted by atomic mass is 32.1. The van der Waals surface area contributed by atoms with Crippen LogP contribution in [0.2, 0.25) is 0 Å². The van der Waals surface area contributed by atoms with Crippen molar-refractivity contribution in [2.45, 2.75) is 0 Å². The summed E-state index contributed by atoms with van der Waals surface area (Å²) >= 11 is 1.51. The van der Waals surface area contributed by atoms with Crippen LogP contribution in [0.4, 0.5) is 8.78 Å². The van der Waals surface area contributed by atoms with Gasteiger partial charge in [0.1, 0.15) is 22.3 Å². The van der Waals surface area contributed by atoms with Gasteiger partial charge in [0, 0.05) is 26.7 Å². The number of halogens is 2. The second-order valence-corrected chi connectivity index (χ2v) is 9.52. The molecule has 7 rings (SSSR count). The third-order valence-corrected chi connectivity index (χ3v) is 7.55. The molecule has 4 aromatic carbocycles. The Morgan fingerprint density at radius 3 is 2.22 bits per heavy atom. The minimum absolute atomic E-state index is 0.108. The van der Waals surface area contributed by atoms with Crippen LogP contribution in [0.15, 0.2) is 103 Å². The van der Waals surface area contributed by atoms with Crippen LogP contribution in [0.3, 0.4) is 0 Å². The molecule has 0 amide bonds. The van der Waals surface area contributed by atoms with Gasteiger partial charge in [0.15, 0.2) is 0 Å². The van der Waals surface area contributed by atoms with Crippen LogP contribution < -0.4 is 0 Å². The van der Waals surface area contributed by atoms with Crippen molar-refractivity contribution >= 4 is 42.7 Å². The highest BCUT2D eigenvalue weighted by Crippen LogP contribution is 2.41. The second-order valence-electron chi connectivity index (χ2n) is 8.53. The van der Waals surface area contributed by atoms with Crippen molar-refractivity contribution in [3.8, 4) is 28.3 Å². The Labute approximate surface area is 208 Å². The maximum Gasteiger partial charge on any atom is 0.147 e. The lowest BCUT2D eigenvalue weighted by molar-refractivity contribution is 0.589. The van der Waals surface area contributed by atoms with Crippen molar-refractivity contribution < 1.29 is 8.78 Å². The highest BCUT2D eigenvalue weighted by Gasteiger charge is 2.20. The van der Waals surface area contributed by atoms with Crippen LogP contribution in [0, 0.1) is 11.6 Å². The number of hydrogen-bond acceptors (Lipinski definition) is 3. The van der Waals surface area contributed by atoms with Gasteiger partial charge in [-0.2, -0.15) is 0 Å². The molecule has 3 heterocycles. The second kappa shape index (κ2) is 8.07. The van der Waals surface area contributed by atoms with Gasteiger partial charge in [0.25, 0.3) is 0 Å². The van der Waals surface area contributed by atoms with E-state index in [1.807, 2.05) is 48.5 Å². The van der Waals surface area contributed by atoms with E-state index in [1.165, 1.54) is 29.5 Å². The number of fused-ring (bicyclic) bond motifs is 4. The Hall–Kier alpha value is -4.42. The van der Waals surface area contributed by atoms with Gasteiger partial charge in [-0.05, 0) is 54.6 Å². The first kappa shape index (κ1) is 20.9. The van der Waals surface area contributed by atoms with E-state index >= 15 is 0 Å². The van der Waals surface area contributed by atoms with Crippen molar-refractivity contribution in [1.29, 1.82) is 0 Å². The summed E-state index contributed by atoms with van der Waals surface area (Å²) in [6.45, 7) is 0. The SMILES string of the molecule is Fc1cccc(F)c1-c1ccc2c(n1)sc1c(-c3nc4ccccc4n3-c3ccccc3)cccc12. The third kappa shape index (κ3) is 3.15. The van der Waals surface area contributed by atoms with Crippen LogP contribution in [0.5, 0.6) is 0 Å². The molecule has 7 aromatic rings. The quantitative estimate of drug-likeness (QED) is 0.249. The molecule has 0 spiro atoms. The molecule has 6 heteroatoms. The lowest BCUT2D eigenvalue weighted by Crippen LogP contribution is -1.97. The molecule has 3 aromatic heterocycles. The van der Waals surface area contributed by atoms with Crippen LogP contribution in [-0.4, -0.2) is 14.5 Å². The van der Waals surface area contributed by atoms with Gasteiger partial charge in [-0.3, -0.25) is 4.57 Å². The van der Waals surface area contributed by atoms with Crippen molar-refractivity contribution in [2.24, 2.45) is 0 Å². The predicted molar refractivity (Wildman–Crippen MR) is 143 cm³/mol. The lowest BCUT2D eigenvalue weighted by atomic mass is 10.1. The summed E-state index contributed by atoms with van der Waals surface area (Å²) in [7, 11) is 0. The molecule has 0 aliphatic rings. The van der Waals surface area contributed by atoms with E-state index in [9.17, 15) is 8.78 Å². The Bertz CT molecular complexity index is 1900. The highest BCUT2D eigenvalue weighted by molar-refractivity contribution is 7.26. The number of aromatic nitrogens is 3. The Morgan fingerprint density at radius 2 is 1.39 bits per heavy atom. The summed E-state index contributed by atoms with van der Waals surface area (Å²) in [5.74, 6) is -0.416. The first-order valence-corrected chi connectivity index (χ1v) is 12.3. The average Bonchev–Trinajstić information content (AvgIpc) is 3.47. The Kier molecular flexibility index (Phi) is 4.69. The Balaban J connectivity index is 1.50. The van der Waals surface area contributed by atoms with Crippen molar-refractivity contribution in [3.05, 3.63) is 115 Å². The van der Waals surface area contributed by atoms with Crippen LogP contribution in [0.25, 0.3) is 59.7 Å². The minimum Gasteiger partial charge on any atom is -0.292 e. The monoisotopic (exact) mass is 489 g/mol. The summed E-state index contributed by atoms with van der Waals surface area (Å²) in [6.07, 6.45) is 0. The first-order valence-electron chi connectivity index (χ1n) is 11.5. The van der Waals surface area contributed by atoms with E-state index in [4.69, 9.17) is 4.98 Å². The minimum atomic E-state index is -0.625. The van der Waals surface area contributed by atoms with Crippen molar-refractivity contribution in [3.63, 3.8) is 0 Å². The number of pyridine rings is 1. The summed E-state index contributed by atoms with van der Waals surface area (Å²) in [6, 6.07) is 31.8. The Morgan fingerprint density at radius 1 is 0.639 bits per heavy atom. The molecule has 0 radical (unpaired) electrons. The van der Waals surface area contributed by atoms with Gasteiger partial charge < -0.3 is 0 Å². The molecule has 0 unspecified atom stereocenters. The maximum atomic E-state index is 14.4. The molecule has 0 saturated carbocycles. The molecule has 0 fully saturated rings. The largest absolute Gasteiger partial charge is 0.292 e. The zero-order valence-corrected chi connectivity index (χ0v) is 19.6. The van der Waals surface area contributed by atoms with E-state index in [1.54, 1.807) is 6.07 Å². The fourth-order valence-electron chi connectivity index (χ4n) is 4.78. The van der Waals surface area contributed by atoms with E-state index < -0.39 is 11.6 Å². The zero-order valence-electron chi connectivity index (χ0n) is 18.8. The molecular formula is C30H17F2N3S. The van der Waals surface area contributed by atoms with E-state index in [2.05, 4.69) is 39.9 Å². The van der Waals surface area contributed by atoms with Crippen molar-refractivity contribution in [2.75, 3.05) is 0 Å². The van der Waals surface area contributed by atoms with E-state index in [-0.39, 0.29) is 11.3 Å². The van der Waals surface area contributed by atoms with E-state index in [0.29, 0.717) is 0 Å². The average molecular weight is 490 g/mol. The maximum absolute atomic E-state index is 14.4. The van der Waals surface area contributed by atoms with Gasteiger partial charge in [-0.1, -0.05) is 48.5 Å². The fraction of sp³-hybridized carbons (Fsp3) is 0. The number of para-hydroxylation sites is 3. The predicted octanol–water partition coefficient (Wildman–Crippen LogP) is 8.40. The summed E-state index contributed by atoms with van der Waals surface area (Å²) in [5.41, 5.74) is 4.10.